The lowest BCUT2D eigenvalue weighted by Crippen LogP contribution is -2.09. The molecule has 2 rings (SSSR count). The summed E-state index contributed by atoms with van der Waals surface area (Å²) in [4.78, 5) is 0. The molecule has 19 heavy (non-hydrogen) atoms. The molecule has 0 unspecified atom stereocenters. The van der Waals surface area contributed by atoms with Crippen LogP contribution in [0.3, 0.4) is 0 Å². The minimum atomic E-state index is 0.536. The SMILES string of the molecule is C=C.NCc1cccc(NNc2cccc(N)c2)c1. The van der Waals surface area contributed by atoms with Crippen molar-refractivity contribution in [2.24, 2.45) is 5.73 Å². The molecule has 0 aliphatic rings. The van der Waals surface area contributed by atoms with E-state index in [1.54, 1.807) is 0 Å². The van der Waals surface area contributed by atoms with E-state index in [9.17, 15) is 0 Å². The Balaban J connectivity index is 0.000000861. The van der Waals surface area contributed by atoms with Crippen molar-refractivity contribution in [3.8, 4) is 0 Å². The summed E-state index contributed by atoms with van der Waals surface area (Å²) in [5, 5.41) is 0. The van der Waals surface area contributed by atoms with Crippen LogP contribution in [-0.4, -0.2) is 0 Å². The summed E-state index contributed by atoms with van der Waals surface area (Å²) in [5.41, 5.74) is 21.2. The average molecular weight is 256 g/mol. The quantitative estimate of drug-likeness (QED) is 0.385. The summed E-state index contributed by atoms with van der Waals surface area (Å²) in [6, 6.07) is 15.5. The zero-order valence-electron chi connectivity index (χ0n) is 10.9. The van der Waals surface area contributed by atoms with Gasteiger partial charge >= 0.3 is 0 Å². The van der Waals surface area contributed by atoms with Crippen LogP contribution in [0.2, 0.25) is 0 Å². The Bertz CT molecular complexity index is 511. The van der Waals surface area contributed by atoms with Crippen LogP contribution >= 0.6 is 0 Å². The number of nitrogen functional groups attached to an aromatic ring is 1. The van der Waals surface area contributed by atoms with Crippen molar-refractivity contribution in [2.45, 2.75) is 6.54 Å². The van der Waals surface area contributed by atoms with Crippen LogP contribution in [0.5, 0.6) is 0 Å². The lowest BCUT2D eigenvalue weighted by molar-refractivity contribution is 1.07. The summed E-state index contributed by atoms with van der Waals surface area (Å²) in [6.45, 7) is 6.54. The van der Waals surface area contributed by atoms with E-state index in [0.717, 1.165) is 22.6 Å². The van der Waals surface area contributed by atoms with Gasteiger partial charge in [0.2, 0.25) is 0 Å². The number of nitrogens with one attached hydrogen (secondary N) is 2. The Morgan fingerprint density at radius 2 is 1.47 bits per heavy atom. The fourth-order valence-electron chi connectivity index (χ4n) is 1.54. The van der Waals surface area contributed by atoms with Gasteiger partial charge in [0.1, 0.15) is 0 Å². The molecule has 0 bridgehead atoms. The third-order valence-electron chi connectivity index (χ3n) is 2.40. The molecule has 0 fully saturated rings. The van der Waals surface area contributed by atoms with Gasteiger partial charge in [-0.25, -0.2) is 0 Å². The Hall–Kier alpha value is -2.46. The molecule has 0 aliphatic heterocycles. The van der Waals surface area contributed by atoms with E-state index in [-0.39, 0.29) is 0 Å². The highest BCUT2D eigenvalue weighted by Gasteiger charge is 1.95. The topological polar surface area (TPSA) is 76.1 Å². The summed E-state index contributed by atoms with van der Waals surface area (Å²) in [5.74, 6) is 0. The molecule has 6 N–H and O–H groups in total. The standard InChI is InChI=1S/C13H16N4.C2H4/c14-9-10-3-1-5-12(7-10)16-17-13-6-2-4-11(15)8-13;1-2/h1-8,16-17H,9,14-15H2;1-2H2. The molecular formula is C15H20N4. The van der Waals surface area contributed by atoms with E-state index in [1.807, 2.05) is 48.5 Å². The number of hydrogen-bond acceptors (Lipinski definition) is 4. The molecule has 0 aromatic heterocycles. The monoisotopic (exact) mass is 256 g/mol. The first-order chi connectivity index (χ1) is 9.28. The second kappa shape index (κ2) is 7.79. The molecule has 0 atom stereocenters. The van der Waals surface area contributed by atoms with Crippen molar-refractivity contribution < 1.29 is 0 Å². The van der Waals surface area contributed by atoms with Gasteiger partial charge in [0.05, 0.1) is 11.4 Å². The van der Waals surface area contributed by atoms with Crippen molar-refractivity contribution in [3.63, 3.8) is 0 Å². The van der Waals surface area contributed by atoms with Gasteiger partial charge in [-0.2, -0.15) is 0 Å². The van der Waals surface area contributed by atoms with Crippen molar-refractivity contribution in [2.75, 3.05) is 16.6 Å². The first kappa shape index (κ1) is 14.6. The maximum Gasteiger partial charge on any atom is 0.0560 e. The van der Waals surface area contributed by atoms with E-state index in [2.05, 4.69) is 24.0 Å². The zero-order valence-corrected chi connectivity index (χ0v) is 10.9. The van der Waals surface area contributed by atoms with Gasteiger partial charge in [0, 0.05) is 12.2 Å². The molecule has 2 aromatic rings. The smallest absolute Gasteiger partial charge is 0.0560 e. The van der Waals surface area contributed by atoms with E-state index < -0.39 is 0 Å². The maximum atomic E-state index is 5.69. The van der Waals surface area contributed by atoms with Crippen LogP contribution in [0.25, 0.3) is 0 Å². The molecule has 100 valence electrons. The molecule has 0 heterocycles. The molecule has 0 aliphatic carbocycles. The molecule has 4 nitrogen and oxygen atoms in total. The minimum absolute atomic E-state index is 0.536. The van der Waals surface area contributed by atoms with Crippen LogP contribution < -0.4 is 22.3 Å². The molecule has 2 aromatic carbocycles. The second-order valence-corrected chi connectivity index (χ2v) is 3.78. The highest BCUT2D eigenvalue weighted by Crippen LogP contribution is 2.14. The van der Waals surface area contributed by atoms with Gasteiger partial charge in [0.15, 0.2) is 0 Å². The zero-order chi connectivity index (χ0) is 14.1. The van der Waals surface area contributed by atoms with Gasteiger partial charge in [-0.15, -0.1) is 13.2 Å². The highest BCUT2D eigenvalue weighted by molar-refractivity contribution is 5.58. The predicted molar refractivity (Wildman–Crippen MR) is 83.7 cm³/mol. The van der Waals surface area contributed by atoms with Gasteiger partial charge < -0.3 is 22.3 Å². The van der Waals surface area contributed by atoms with Crippen LogP contribution in [0.1, 0.15) is 5.56 Å². The van der Waals surface area contributed by atoms with Crippen LogP contribution in [-0.2, 0) is 6.54 Å². The van der Waals surface area contributed by atoms with Gasteiger partial charge in [0.25, 0.3) is 0 Å². The molecule has 4 heteroatoms. The fourth-order valence-corrected chi connectivity index (χ4v) is 1.54. The molecule has 0 amide bonds. The highest BCUT2D eigenvalue weighted by atomic mass is 15.4. The van der Waals surface area contributed by atoms with Crippen molar-refractivity contribution in [1.29, 1.82) is 0 Å². The van der Waals surface area contributed by atoms with Crippen LogP contribution in [0.15, 0.2) is 61.7 Å². The predicted octanol–water partition coefficient (Wildman–Crippen LogP) is 2.97. The van der Waals surface area contributed by atoms with E-state index >= 15 is 0 Å². The van der Waals surface area contributed by atoms with E-state index in [1.165, 1.54) is 0 Å². The Morgan fingerprint density at radius 1 is 0.895 bits per heavy atom. The number of hydrazine groups is 1. The number of hydrogen-bond donors (Lipinski definition) is 4. The summed E-state index contributed by atoms with van der Waals surface area (Å²) in [6.07, 6.45) is 0. The molecule has 0 saturated carbocycles. The molecule has 0 spiro atoms. The first-order valence-corrected chi connectivity index (χ1v) is 5.94. The summed E-state index contributed by atoms with van der Waals surface area (Å²) in [7, 11) is 0. The number of rotatable bonds is 4. The van der Waals surface area contributed by atoms with Gasteiger partial charge in [-0.05, 0) is 35.9 Å². The van der Waals surface area contributed by atoms with Crippen LogP contribution in [0.4, 0.5) is 17.1 Å². The van der Waals surface area contributed by atoms with Gasteiger partial charge in [-0.1, -0.05) is 18.2 Å². The second-order valence-electron chi connectivity index (χ2n) is 3.78. The normalized spacial score (nSPS) is 9.11. The van der Waals surface area contributed by atoms with E-state index in [0.29, 0.717) is 6.54 Å². The lowest BCUT2D eigenvalue weighted by atomic mass is 10.2. The Labute approximate surface area is 114 Å². The number of benzene rings is 2. The third kappa shape index (κ3) is 4.73. The maximum absolute atomic E-state index is 5.69. The Kier molecular flexibility index (Phi) is 5.98. The van der Waals surface area contributed by atoms with Crippen molar-refractivity contribution in [1.82, 2.24) is 0 Å². The molecule has 0 radical (unpaired) electrons. The lowest BCUT2D eigenvalue weighted by Gasteiger charge is -2.10. The largest absolute Gasteiger partial charge is 0.399 e. The number of anilines is 3. The van der Waals surface area contributed by atoms with E-state index in [4.69, 9.17) is 11.5 Å². The average Bonchev–Trinajstić information content (AvgIpc) is 2.47. The van der Waals surface area contributed by atoms with Gasteiger partial charge in [-0.3, -0.25) is 0 Å². The number of nitrogens with two attached hydrogens (primary N) is 2. The molecular weight excluding hydrogens is 236 g/mol. The summed E-state index contributed by atoms with van der Waals surface area (Å²) >= 11 is 0. The summed E-state index contributed by atoms with van der Waals surface area (Å²) < 4.78 is 0. The van der Waals surface area contributed by atoms with Crippen molar-refractivity contribution >= 4 is 17.1 Å². The van der Waals surface area contributed by atoms with Crippen molar-refractivity contribution in [3.05, 3.63) is 67.3 Å². The van der Waals surface area contributed by atoms with Crippen LogP contribution in [0, 0.1) is 0 Å². The fraction of sp³-hybridized carbons (Fsp3) is 0.0667. The Morgan fingerprint density at radius 3 is 2.05 bits per heavy atom. The third-order valence-corrected chi connectivity index (χ3v) is 2.40. The molecule has 0 saturated heterocycles. The minimum Gasteiger partial charge on any atom is -0.399 e. The first-order valence-electron chi connectivity index (χ1n) is 5.94.